The Morgan fingerprint density at radius 2 is 0.700 bits per heavy atom. The normalized spacial score (nSPS) is 24.9. The van der Waals surface area contributed by atoms with Gasteiger partial charge in [0.25, 0.3) is 0 Å². The van der Waals surface area contributed by atoms with E-state index in [1.807, 2.05) is 0 Å². The molecule has 6 nitrogen and oxygen atoms in total. The van der Waals surface area contributed by atoms with Gasteiger partial charge in [-0.3, -0.25) is 0 Å². The Labute approximate surface area is 124 Å². The van der Waals surface area contributed by atoms with Gasteiger partial charge in [0.1, 0.15) is 0 Å². The lowest BCUT2D eigenvalue weighted by Gasteiger charge is -2.19. The van der Waals surface area contributed by atoms with E-state index in [9.17, 15) is 0 Å². The number of nitrogens with one attached hydrogen (secondary N) is 4. The van der Waals surface area contributed by atoms with Crippen molar-refractivity contribution in [2.75, 3.05) is 92.6 Å². The summed E-state index contributed by atoms with van der Waals surface area (Å²) in [7, 11) is 4.38. The number of nitrogens with zero attached hydrogens (tertiary/aromatic N) is 2. The minimum Gasteiger partial charge on any atom is -0.314 e. The summed E-state index contributed by atoms with van der Waals surface area (Å²) >= 11 is 0. The van der Waals surface area contributed by atoms with Crippen LogP contribution in [0.15, 0.2) is 0 Å². The van der Waals surface area contributed by atoms with Gasteiger partial charge >= 0.3 is 0 Å². The fraction of sp³-hybridized carbons (Fsp3) is 1.00. The van der Waals surface area contributed by atoms with Gasteiger partial charge < -0.3 is 31.1 Å². The minimum atomic E-state index is 1.05. The molecule has 120 valence electrons. The second-order valence-electron chi connectivity index (χ2n) is 5.61. The lowest BCUT2D eigenvalue weighted by atomic mass is 10.4. The third kappa shape index (κ3) is 10.5. The lowest BCUT2D eigenvalue weighted by Crippen LogP contribution is -2.40. The summed E-state index contributed by atoms with van der Waals surface area (Å²) in [5.41, 5.74) is 0. The van der Waals surface area contributed by atoms with E-state index in [0.717, 1.165) is 78.5 Å². The van der Waals surface area contributed by atoms with Crippen LogP contribution in [0.2, 0.25) is 0 Å². The van der Waals surface area contributed by atoms with E-state index in [2.05, 4.69) is 45.2 Å². The third-order valence-electron chi connectivity index (χ3n) is 3.64. The Bertz CT molecular complexity index is 172. The molecule has 0 aromatic rings. The zero-order valence-electron chi connectivity index (χ0n) is 13.4. The largest absolute Gasteiger partial charge is 0.314 e. The Hall–Kier alpha value is -0.240. The molecule has 0 unspecified atom stereocenters. The van der Waals surface area contributed by atoms with Crippen LogP contribution in [0.1, 0.15) is 0 Å². The Morgan fingerprint density at radius 1 is 0.450 bits per heavy atom. The van der Waals surface area contributed by atoms with Crippen molar-refractivity contribution in [3.63, 3.8) is 0 Å². The van der Waals surface area contributed by atoms with Crippen LogP contribution in [0, 0.1) is 0 Å². The molecular formula is C14H34N6. The highest BCUT2D eigenvalue weighted by Gasteiger charge is 2.00. The van der Waals surface area contributed by atoms with Gasteiger partial charge in [0.05, 0.1) is 0 Å². The van der Waals surface area contributed by atoms with Crippen molar-refractivity contribution in [2.24, 2.45) is 0 Å². The van der Waals surface area contributed by atoms with Crippen LogP contribution >= 0.6 is 0 Å². The van der Waals surface area contributed by atoms with Crippen LogP contribution in [-0.4, -0.2) is 102 Å². The van der Waals surface area contributed by atoms with Crippen LogP contribution in [0.25, 0.3) is 0 Å². The maximum atomic E-state index is 3.48. The molecule has 0 radical (unpaired) electrons. The summed E-state index contributed by atoms with van der Waals surface area (Å²) in [6.07, 6.45) is 0. The second-order valence-corrected chi connectivity index (χ2v) is 5.61. The van der Waals surface area contributed by atoms with Crippen molar-refractivity contribution >= 4 is 0 Å². The molecule has 0 aliphatic carbocycles. The zero-order valence-corrected chi connectivity index (χ0v) is 13.4. The molecule has 0 atom stereocenters. The van der Waals surface area contributed by atoms with Crippen molar-refractivity contribution in [2.45, 2.75) is 0 Å². The Kier molecular flexibility index (Phi) is 11.1. The van der Waals surface area contributed by atoms with Crippen molar-refractivity contribution in [3.8, 4) is 0 Å². The van der Waals surface area contributed by atoms with E-state index in [1.54, 1.807) is 0 Å². The summed E-state index contributed by atoms with van der Waals surface area (Å²) in [5.74, 6) is 0. The first-order chi connectivity index (χ1) is 9.79. The molecule has 0 spiro atoms. The summed E-state index contributed by atoms with van der Waals surface area (Å²) in [6.45, 7) is 12.9. The molecule has 20 heavy (non-hydrogen) atoms. The van der Waals surface area contributed by atoms with Gasteiger partial charge in [-0.1, -0.05) is 0 Å². The smallest absolute Gasteiger partial charge is 0.0104 e. The molecule has 1 aliphatic rings. The molecule has 1 fully saturated rings. The molecule has 0 saturated carbocycles. The maximum absolute atomic E-state index is 3.48. The number of hydrogen-bond acceptors (Lipinski definition) is 6. The number of likely N-dealkylation sites (N-methyl/N-ethyl adjacent to an activating group) is 2. The summed E-state index contributed by atoms with van der Waals surface area (Å²) in [5, 5.41) is 13.9. The highest BCUT2D eigenvalue weighted by Crippen LogP contribution is 1.81. The molecule has 1 rings (SSSR count). The quantitative estimate of drug-likeness (QED) is 0.423. The molecule has 0 aromatic heterocycles. The number of hydrogen-bond donors (Lipinski definition) is 4. The van der Waals surface area contributed by atoms with E-state index in [-0.39, 0.29) is 0 Å². The van der Waals surface area contributed by atoms with Crippen LogP contribution in [-0.2, 0) is 0 Å². The van der Waals surface area contributed by atoms with Crippen molar-refractivity contribution in [1.29, 1.82) is 0 Å². The molecule has 1 heterocycles. The van der Waals surface area contributed by atoms with Gasteiger partial charge in [0.2, 0.25) is 0 Å². The summed E-state index contributed by atoms with van der Waals surface area (Å²) in [6, 6.07) is 0. The maximum Gasteiger partial charge on any atom is 0.0104 e. The Morgan fingerprint density at radius 3 is 0.950 bits per heavy atom. The molecule has 0 bridgehead atoms. The first-order valence-electron chi connectivity index (χ1n) is 7.99. The third-order valence-corrected chi connectivity index (χ3v) is 3.64. The summed E-state index contributed by atoms with van der Waals surface area (Å²) in [4.78, 5) is 4.75. The minimum absolute atomic E-state index is 1.05. The average molecular weight is 286 g/mol. The monoisotopic (exact) mass is 286 g/mol. The molecular weight excluding hydrogens is 252 g/mol. The molecule has 0 aromatic carbocycles. The van der Waals surface area contributed by atoms with Crippen molar-refractivity contribution < 1.29 is 0 Å². The zero-order chi connectivity index (χ0) is 14.5. The molecule has 6 heteroatoms. The molecule has 1 saturated heterocycles. The van der Waals surface area contributed by atoms with Gasteiger partial charge in [-0.05, 0) is 14.1 Å². The van der Waals surface area contributed by atoms with Gasteiger partial charge in [-0.15, -0.1) is 0 Å². The first-order valence-corrected chi connectivity index (χ1v) is 7.99. The topological polar surface area (TPSA) is 54.6 Å². The highest BCUT2D eigenvalue weighted by molar-refractivity contribution is 4.62. The fourth-order valence-corrected chi connectivity index (χ4v) is 2.16. The van der Waals surface area contributed by atoms with E-state index in [4.69, 9.17) is 0 Å². The molecule has 1 aliphatic heterocycles. The first kappa shape index (κ1) is 17.8. The van der Waals surface area contributed by atoms with E-state index in [1.165, 1.54) is 0 Å². The summed E-state index contributed by atoms with van der Waals surface area (Å²) < 4.78 is 0. The molecule has 4 N–H and O–H groups in total. The van der Waals surface area contributed by atoms with Crippen molar-refractivity contribution in [3.05, 3.63) is 0 Å². The van der Waals surface area contributed by atoms with Crippen LogP contribution in [0.3, 0.4) is 0 Å². The fourth-order valence-electron chi connectivity index (χ4n) is 2.16. The lowest BCUT2D eigenvalue weighted by molar-refractivity contribution is 0.318. The van der Waals surface area contributed by atoms with E-state index >= 15 is 0 Å². The van der Waals surface area contributed by atoms with Crippen LogP contribution < -0.4 is 21.3 Å². The van der Waals surface area contributed by atoms with Crippen LogP contribution in [0.5, 0.6) is 0 Å². The predicted molar refractivity (Wildman–Crippen MR) is 86.5 cm³/mol. The van der Waals surface area contributed by atoms with Gasteiger partial charge in [0.15, 0.2) is 0 Å². The van der Waals surface area contributed by atoms with Crippen molar-refractivity contribution in [1.82, 2.24) is 31.1 Å². The standard InChI is InChI=1S/C14H34N6/c1-19-11-7-15-3-5-17-9-13-20(2)14-10-18-6-4-16-8-12-19/h15-18H,3-14H2,1-2H3. The Balaban J connectivity index is 2.16. The molecule has 0 amide bonds. The highest BCUT2D eigenvalue weighted by atomic mass is 15.1. The van der Waals surface area contributed by atoms with Gasteiger partial charge in [-0.25, -0.2) is 0 Å². The second kappa shape index (κ2) is 12.5. The van der Waals surface area contributed by atoms with Gasteiger partial charge in [0, 0.05) is 78.5 Å². The van der Waals surface area contributed by atoms with Crippen LogP contribution in [0.4, 0.5) is 0 Å². The van der Waals surface area contributed by atoms with Gasteiger partial charge in [-0.2, -0.15) is 0 Å². The van der Waals surface area contributed by atoms with E-state index in [0.29, 0.717) is 0 Å². The van der Waals surface area contributed by atoms with E-state index < -0.39 is 0 Å². The predicted octanol–water partition coefficient (Wildman–Crippen LogP) is -1.78. The SMILES string of the molecule is CN1CCNCCNCCN(C)CCNCCNCC1. The number of rotatable bonds is 0. The average Bonchev–Trinajstić information content (AvgIpc) is 2.43.